The molecule has 0 bridgehead atoms. The average Bonchev–Trinajstić information content (AvgIpc) is 3.18. The van der Waals surface area contributed by atoms with Gasteiger partial charge in [-0.1, -0.05) is 23.7 Å². The van der Waals surface area contributed by atoms with E-state index in [1.807, 2.05) is 0 Å². The largest absolute Gasteiger partial charge is 0.480 e. The van der Waals surface area contributed by atoms with E-state index in [9.17, 15) is 13.2 Å². The summed E-state index contributed by atoms with van der Waals surface area (Å²) in [7, 11) is -2.77. The highest BCUT2D eigenvalue weighted by Gasteiger charge is 2.25. The Bertz CT molecular complexity index is 1470. The molecule has 0 radical (unpaired) electrons. The van der Waals surface area contributed by atoms with Crippen LogP contribution in [0.1, 0.15) is 16.1 Å². The summed E-state index contributed by atoms with van der Waals surface area (Å²) >= 11 is 5.89. The molecule has 3 heterocycles. The van der Waals surface area contributed by atoms with Crippen molar-refractivity contribution in [3.63, 3.8) is 0 Å². The van der Waals surface area contributed by atoms with E-state index in [0.717, 1.165) is 0 Å². The second kappa shape index (κ2) is 8.17. The van der Waals surface area contributed by atoms with Crippen LogP contribution >= 0.6 is 11.6 Å². The van der Waals surface area contributed by atoms with Gasteiger partial charge in [0.15, 0.2) is 15.5 Å². The second-order valence-electron chi connectivity index (χ2n) is 6.75. The van der Waals surface area contributed by atoms with Crippen molar-refractivity contribution >= 4 is 38.2 Å². The van der Waals surface area contributed by atoms with Gasteiger partial charge >= 0.3 is 0 Å². The topological polar surface area (TPSA) is 141 Å². The number of carbonyl (C=O) groups excluding carboxylic acids is 1. The molecule has 4 aromatic rings. The Morgan fingerprint density at radius 1 is 1.25 bits per heavy atom. The fourth-order valence-electron chi connectivity index (χ4n) is 3.20. The molecule has 3 aromatic heterocycles. The standard InChI is InChI=1S/C20H15ClFN5O4S/c1-31-20-16(5-11(21)7-25-20)32(29,30)9-10-3-2-4-12(17(10)22)14-6-15-13(8-24-14)18(19(23)28)27-26-15/h2-8H,9H2,1H3,(H2,23,28)(H,26,27). The lowest BCUT2D eigenvalue weighted by molar-refractivity contribution is 0.0997. The summed E-state index contributed by atoms with van der Waals surface area (Å²) in [6.45, 7) is 0. The number of hydrogen-bond donors (Lipinski definition) is 2. The SMILES string of the molecule is COc1ncc(Cl)cc1S(=O)(=O)Cc1cccc(-c2cc3[nH]nc(C(N)=O)c3cn2)c1F. The lowest BCUT2D eigenvalue weighted by atomic mass is 10.1. The summed E-state index contributed by atoms with van der Waals surface area (Å²) in [5, 5.41) is 6.98. The Balaban J connectivity index is 1.74. The lowest BCUT2D eigenvalue weighted by Gasteiger charge is -2.11. The Labute approximate surface area is 186 Å². The maximum atomic E-state index is 15.3. The zero-order valence-electron chi connectivity index (χ0n) is 16.5. The van der Waals surface area contributed by atoms with Gasteiger partial charge in [-0.3, -0.25) is 14.9 Å². The van der Waals surface area contributed by atoms with Gasteiger partial charge in [0.05, 0.1) is 34.5 Å². The molecule has 0 aliphatic heterocycles. The molecule has 0 aliphatic rings. The first-order chi connectivity index (χ1) is 15.2. The first-order valence-electron chi connectivity index (χ1n) is 9.05. The van der Waals surface area contributed by atoms with Crippen molar-refractivity contribution in [3.05, 3.63) is 64.8 Å². The summed E-state index contributed by atoms with van der Waals surface area (Å²) < 4.78 is 46.2. The minimum atomic E-state index is -4.04. The highest BCUT2D eigenvalue weighted by atomic mass is 35.5. The smallest absolute Gasteiger partial charge is 0.269 e. The van der Waals surface area contributed by atoms with Crippen LogP contribution in [-0.4, -0.2) is 41.6 Å². The molecule has 0 atom stereocenters. The number of fused-ring (bicyclic) bond motifs is 1. The van der Waals surface area contributed by atoms with E-state index in [-0.39, 0.29) is 38.3 Å². The minimum Gasteiger partial charge on any atom is -0.480 e. The molecule has 0 fully saturated rings. The van der Waals surface area contributed by atoms with Gasteiger partial charge < -0.3 is 10.5 Å². The van der Waals surface area contributed by atoms with Gasteiger partial charge in [0, 0.05) is 23.5 Å². The van der Waals surface area contributed by atoms with Crippen LogP contribution in [0, 0.1) is 5.82 Å². The van der Waals surface area contributed by atoms with Crippen molar-refractivity contribution in [2.24, 2.45) is 5.73 Å². The highest BCUT2D eigenvalue weighted by Crippen LogP contribution is 2.31. The minimum absolute atomic E-state index is 0.0171. The van der Waals surface area contributed by atoms with Gasteiger partial charge in [-0.15, -0.1) is 0 Å². The summed E-state index contributed by atoms with van der Waals surface area (Å²) in [4.78, 5) is 19.2. The first kappa shape index (κ1) is 21.7. The number of pyridine rings is 2. The number of aromatic amines is 1. The van der Waals surface area contributed by atoms with Crippen LogP contribution in [0.5, 0.6) is 5.88 Å². The maximum absolute atomic E-state index is 15.3. The number of nitrogens with zero attached hydrogens (tertiary/aromatic N) is 3. The molecular weight excluding hydrogens is 461 g/mol. The van der Waals surface area contributed by atoms with Crippen molar-refractivity contribution < 1.29 is 22.3 Å². The van der Waals surface area contributed by atoms with Crippen molar-refractivity contribution in [2.75, 3.05) is 7.11 Å². The summed E-state index contributed by atoms with van der Waals surface area (Å²) in [6.07, 6.45) is 2.60. The molecular formula is C20H15ClFN5O4S. The van der Waals surface area contributed by atoms with E-state index in [4.69, 9.17) is 22.1 Å². The molecule has 0 spiro atoms. The number of H-pyrrole nitrogens is 1. The van der Waals surface area contributed by atoms with Gasteiger partial charge in [-0.25, -0.2) is 17.8 Å². The van der Waals surface area contributed by atoms with Crippen molar-refractivity contribution in [2.45, 2.75) is 10.6 Å². The molecule has 12 heteroatoms. The monoisotopic (exact) mass is 475 g/mol. The van der Waals surface area contributed by atoms with Crippen LogP contribution in [0.15, 0.2) is 47.6 Å². The Hall–Kier alpha value is -3.57. The van der Waals surface area contributed by atoms with Gasteiger partial charge in [-0.2, -0.15) is 5.10 Å². The third kappa shape index (κ3) is 3.87. The molecule has 3 N–H and O–H groups in total. The van der Waals surface area contributed by atoms with Crippen LogP contribution in [0.25, 0.3) is 22.2 Å². The number of primary amides is 1. The Kier molecular flexibility index (Phi) is 5.53. The van der Waals surface area contributed by atoms with Crippen LogP contribution in [0.3, 0.4) is 0 Å². The van der Waals surface area contributed by atoms with Crippen LogP contribution in [-0.2, 0) is 15.6 Å². The molecule has 1 amide bonds. The number of rotatable bonds is 6. The van der Waals surface area contributed by atoms with Crippen LogP contribution < -0.4 is 10.5 Å². The van der Waals surface area contributed by atoms with Crippen LogP contribution in [0.4, 0.5) is 4.39 Å². The van der Waals surface area contributed by atoms with Crippen molar-refractivity contribution in [1.82, 2.24) is 20.2 Å². The number of sulfone groups is 1. The molecule has 0 aliphatic carbocycles. The number of ether oxygens (including phenoxy) is 1. The average molecular weight is 476 g/mol. The third-order valence-corrected chi connectivity index (χ3v) is 6.55. The molecule has 0 saturated heterocycles. The number of methoxy groups -OCH3 is 1. The van der Waals surface area contributed by atoms with Crippen molar-refractivity contribution in [3.8, 4) is 17.1 Å². The number of benzene rings is 1. The molecule has 9 nitrogen and oxygen atoms in total. The van der Waals surface area contributed by atoms with E-state index in [1.165, 1.54) is 49.8 Å². The number of nitrogens with two attached hydrogens (primary N) is 1. The fourth-order valence-corrected chi connectivity index (χ4v) is 4.92. The molecule has 0 unspecified atom stereocenters. The van der Waals surface area contributed by atoms with Crippen molar-refractivity contribution in [1.29, 1.82) is 0 Å². The fraction of sp³-hybridized carbons (Fsp3) is 0.100. The van der Waals surface area contributed by atoms with E-state index in [2.05, 4.69) is 20.2 Å². The second-order valence-corrected chi connectivity index (χ2v) is 9.14. The number of amides is 1. The lowest BCUT2D eigenvalue weighted by Crippen LogP contribution is -2.11. The highest BCUT2D eigenvalue weighted by molar-refractivity contribution is 7.90. The number of halogens is 2. The molecule has 4 rings (SSSR count). The number of hydrogen-bond acceptors (Lipinski definition) is 7. The maximum Gasteiger partial charge on any atom is 0.269 e. The summed E-state index contributed by atoms with van der Waals surface area (Å²) in [5.74, 6) is -2.27. The first-order valence-corrected chi connectivity index (χ1v) is 11.1. The van der Waals surface area contributed by atoms with E-state index >= 15 is 4.39 Å². The predicted molar refractivity (Wildman–Crippen MR) is 114 cm³/mol. The van der Waals surface area contributed by atoms with Gasteiger partial charge in [-0.05, 0) is 18.2 Å². The summed E-state index contributed by atoms with van der Waals surface area (Å²) in [5.41, 5.74) is 5.93. The van der Waals surface area contributed by atoms with Gasteiger partial charge in [0.25, 0.3) is 5.91 Å². The third-order valence-electron chi connectivity index (χ3n) is 4.69. The predicted octanol–water partition coefficient (Wildman–Crippen LogP) is 2.89. The quantitative estimate of drug-likeness (QED) is 0.436. The zero-order chi connectivity index (χ0) is 23.0. The molecule has 164 valence electrons. The molecule has 32 heavy (non-hydrogen) atoms. The number of aromatic nitrogens is 4. The molecule has 1 aromatic carbocycles. The zero-order valence-corrected chi connectivity index (χ0v) is 18.0. The van der Waals surface area contributed by atoms with E-state index < -0.39 is 27.3 Å². The van der Waals surface area contributed by atoms with Gasteiger partial charge in [0.1, 0.15) is 10.7 Å². The number of nitrogens with one attached hydrogen (secondary N) is 1. The van der Waals surface area contributed by atoms with Gasteiger partial charge in [0.2, 0.25) is 5.88 Å². The van der Waals surface area contributed by atoms with Crippen LogP contribution in [0.2, 0.25) is 5.02 Å². The normalized spacial score (nSPS) is 11.6. The van der Waals surface area contributed by atoms with E-state index in [1.54, 1.807) is 0 Å². The number of carbonyl (C=O) groups is 1. The summed E-state index contributed by atoms with van der Waals surface area (Å²) in [6, 6.07) is 7.04. The Morgan fingerprint density at radius 2 is 2.03 bits per heavy atom. The van der Waals surface area contributed by atoms with E-state index in [0.29, 0.717) is 10.9 Å². The molecule has 0 saturated carbocycles. The Morgan fingerprint density at radius 3 is 2.75 bits per heavy atom.